The van der Waals surface area contributed by atoms with Crippen LogP contribution in [0.5, 0.6) is 0 Å². The molecule has 4 rings (SSSR count). The second-order valence-electron chi connectivity index (χ2n) is 5.29. The Morgan fingerprint density at radius 1 is 0.955 bits per heavy atom. The topological polar surface area (TPSA) is 0 Å². The van der Waals surface area contributed by atoms with Crippen LogP contribution in [0.25, 0.3) is 19.8 Å². The molecule has 0 spiro atoms. The van der Waals surface area contributed by atoms with Crippen LogP contribution in [0.2, 0.25) is 0 Å². The van der Waals surface area contributed by atoms with Crippen molar-refractivity contribution in [2.45, 2.75) is 13.3 Å². The second-order valence-corrected chi connectivity index (χ2v) is 9.39. The maximum absolute atomic E-state index is 3.74. The van der Waals surface area contributed by atoms with E-state index in [1.54, 1.807) is 0 Å². The predicted molar refractivity (Wildman–Crippen MR) is 105 cm³/mol. The highest BCUT2D eigenvalue weighted by Gasteiger charge is 2.11. The summed E-state index contributed by atoms with van der Waals surface area (Å²) in [7, 11) is 0. The summed E-state index contributed by atoms with van der Waals surface area (Å²) in [5, 5.41) is 2.17. The number of thiophene rings is 3. The van der Waals surface area contributed by atoms with Crippen molar-refractivity contribution in [3.05, 3.63) is 67.6 Å². The third kappa shape index (κ3) is 2.81. The lowest BCUT2D eigenvalue weighted by Crippen LogP contribution is -1.78. The number of aryl methyl sites for hydroxylation is 1. The molecule has 4 aromatic rings. The van der Waals surface area contributed by atoms with Crippen LogP contribution in [-0.4, -0.2) is 0 Å². The fourth-order valence-electron chi connectivity index (χ4n) is 2.45. The molecule has 0 radical (unpaired) electrons. The van der Waals surface area contributed by atoms with Crippen LogP contribution >= 0.6 is 49.9 Å². The average molecular weight is 405 g/mol. The largest absolute Gasteiger partial charge is 0.143 e. The monoisotopic (exact) mass is 404 g/mol. The molecule has 0 nitrogen and oxygen atoms in total. The molecule has 0 atom stereocenters. The fourth-order valence-corrected chi connectivity index (χ4v) is 6.53. The standard InChI is InChI=1S/C18H13BrS3/c1-11-2-4-12(5-3-11)16-10-14(19)17(22-16)8-13-9-18-15(21-13)6-7-20-18/h2-7,9-10H,8H2,1H3. The first-order valence-electron chi connectivity index (χ1n) is 7.00. The van der Waals surface area contributed by atoms with Gasteiger partial charge in [0.05, 0.1) is 0 Å². The molecule has 3 heterocycles. The van der Waals surface area contributed by atoms with E-state index < -0.39 is 0 Å². The highest BCUT2D eigenvalue weighted by atomic mass is 79.9. The van der Waals surface area contributed by atoms with E-state index in [-0.39, 0.29) is 0 Å². The third-order valence-corrected chi connectivity index (χ3v) is 7.87. The molecule has 0 unspecified atom stereocenters. The minimum atomic E-state index is 1.02. The molecule has 0 aliphatic rings. The summed E-state index contributed by atoms with van der Waals surface area (Å²) in [5.41, 5.74) is 2.60. The predicted octanol–water partition coefficient (Wildman–Crippen LogP) is 7.35. The van der Waals surface area contributed by atoms with Crippen molar-refractivity contribution in [1.82, 2.24) is 0 Å². The van der Waals surface area contributed by atoms with Crippen molar-refractivity contribution >= 4 is 59.3 Å². The summed E-state index contributed by atoms with van der Waals surface area (Å²) in [6, 6.07) is 15.6. The molecule has 0 saturated carbocycles. The first kappa shape index (κ1) is 14.6. The summed E-state index contributed by atoms with van der Waals surface area (Å²) in [5.74, 6) is 0. The highest BCUT2D eigenvalue weighted by Crippen LogP contribution is 2.38. The molecular formula is C18H13BrS3. The average Bonchev–Trinajstić information content (AvgIpc) is 3.16. The van der Waals surface area contributed by atoms with E-state index in [1.807, 2.05) is 34.0 Å². The van der Waals surface area contributed by atoms with Crippen molar-refractivity contribution in [2.24, 2.45) is 0 Å². The Labute approximate surface area is 150 Å². The van der Waals surface area contributed by atoms with Gasteiger partial charge >= 0.3 is 0 Å². The summed E-state index contributed by atoms with van der Waals surface area (Å²) in [6.07, 6.45) is 1.02. The van der Waals surface area contributed by atoms with Crippen molar-refractivity contribution in [3.63, 3.8) is 0 Å². The van der Waals surface area contributed by atoms with Gasteiger partial charge in [0.25, 0.3) is 0 Å². The van der Waals surface area contributed by atoms with Crippen molar-refractivity contribution < 1.29 is 0 Å². The number of halogens is 1. The Morgan fingerprint density at radius 3 is 2.55 bits per heavy atom. The highest BCUT2D eigenvalue weighted by molar-refractivity contribution is 9.10. The smallest absolute Gasteiger partial charge is 0.0453 e. The molecule has 1 aromatic carbocycles. The molecule has 0 N–H and O–H groups in total. The summed E-state index contributed by atoms with van der Waals surface area (Å²) >= 11 is 9.37. The van der Waals surface area contributed by atoms with Gasteiger partial charge in [-0.3, -0.25) is 0 Å². The summed E-state index contributed by atoms with van der Waals surface area (Å²) < 4.78 is 4.04. The van der Waals surface area contributed by atoms with Crippen molar-refractivity contribution in [3.8, 4) is 10.4 Å². The SMILES string of the molecule is Cc1ccc(-c2cc(Br)c(Cc3cc4sccc4s3)s2)cc1. The first-order valence-corrected chi connectivity index (χ1v) is 10.3. The molecule has 0 amide bonds. The van der Waals surface area contributed by atoms with Gasteiger partial charge in [-0.1, -0.05) is 29.8 Å². The lowest BCUT2D eigenvalue weighted by atomic mass is 10.1. The lowest BCUT2D eigenvalue weighted by molar-refractivity contribution is 1.29. The Morgan fingerprint density at radius 2 is 1.77 bits per heavy atom. The van der Waals surface area contributed by atoms with Gasteiger partial charge in [0.15, 0.2) is 0 Å². The summed E-state index contributed by atoms with van der Waals surface area (Å²) in [6.45, 7) is 2.13. The molecular weight excluding hydrogens is 392 g/mol. The Bertz CT molecular complexity index is 896. The van der Waals surface area contributed by atoms with Gasteiger partial charge in [-0.2, -0.15) is 0 Å². The Balaban J connectivity index is 1.65. The van der Waals surface area contributed by atoms with Crippen LogP contribution in [0.3, 0.4) is 0 Å². The third-order valence-electron chi connectivity index (χ3n) is 3.62. The summed E-state index contributed by atoms with van der Waals surface area (Å²) in [4.78, 5) is 4.18. The number of fused-ring (bicyclic) bond motifs is 1. The van der Waals surface area contributed by atoms with Gasteiger partial charge in [0.2, 0.25) is 0 Å². The molecule has 110 valence electrons. The zero-order valence-corrected chi connectivity index (χ0v) is 16.0. The number of hydrogen-bond donors (Lipinski definition) is 0. The molecule has 4 heteroatoms. The minimum Gasteiger partial charge on any atom is -0.143 e. The van der Waals surface area contributed by atoms with Gasteiger partial charge in [0.1, 0.15) is 0 Å². The zero-order chi connectivity index (χ0) is 15.1. The molecule has 0 bridgehead atoms. The molecule has 22 heavy (non-hydrogen) atoms. The van der Waals surface area contributed by atoms with E-state index in [4.69, 9.17) is 0 Å². The normalized spacial score (nSPS) is 11.4. The zero-order valence-electron chi connectivity index (χ0n) is 11.9. The van der Waals surface area contributed by atoms with E-state index in [0.29, 0.717) is 0 Å². The van der Waals surface area contributed by atoms with Crippen LogP contribution in [0.4, 0.5) is 0 Å². The number of hydrogen-bond acceptors (Lipinski definition) is 3. The van der Waals surface area contributed by atoms with Crippen LogP contribution in [0.15, 0.2) is 52.3 Å². The van der Waals surface area contributed by atoms with Gasteiger partial charge < -0.3 is 0 Å². The van der Waals surface area contributed by atoms with E-state index in [9.17, 15) is 0 Å². The van der Waals surface area contributed by atoms with Crippen LogP contribution in [0.1, 0.15) is 15.3 Å². The van der Waals surface area contributed by atoms with Gasteiger partial charge in [-0.25, -0.2) is 0 Å². The van der Waals surface area contributed by atoms with Gasteiger partial charge in [0, 0.05) is 34.9 Å². The van der Waals surface area contributed by atoms with E-state index in [1.165, 1.54) is 39.6 Å². The number of benzene rings is 1. The quantitative estimate of drug-likeness (QED) is 0.334. The van der Waals surface area contributed by atoms with E-state index in [0.717, 1.165) is 6.42 Å². The van der Waals surface area contributed by atoms with Crippen molar-refractivity contribution in [1.29, 1.82) is 0 Å². The Kier molecular flexibility index (Phi) is 3.95. The fraction of sp³-hybridized carbons (Fsp3) is 0.111. The van der Waals surface area contributed by atoms with Crippen molar-refractivity contribution in [2.75, 3.05) is 0 Å². The lowest BCUT2D eigenvalue weighted by Gasteiger charge is -1.98. The number of rotatable bonds is 3. The van der Waals surface area contributed by atoms with E-state index >= 15 is 0 Å². The maximum Gasteiger partial charge on any atom is 0.0453 e. The maximum atomic E-state index is 3.74. The molecule has 0 aliphatic heterocycles. The van der Waals surface area contributed by atoms with Gasteiger partial charge in [-0.05, 0) is 52.0 Å². The molecule has 0 fully saturated rings. The van der Waals surface area contributed by atoms with Crippen LogP contribution in [-0.2, 0) is 6.42 Å². The second kappa shape index (κ2) is 5.93. The van der Waals surface area contributed by atoms with E-state index in [2.05, 4.69) is 70.7 Å². The molecule has 3 aromatic heterocycles. The molecule has 0 aliphatic carbocycles. The van der Waals surface area contributed by atoms with Crippen LogP contribution < -0.4 is 0 Å². The van der Waals surface area contributed by atoms with Gasteiger partial charge in [-0.15, -0.1) is 34.0 Å². The first-order chi connectivity index (χ1) is 10.7. The minimum absolute atomic E-state index is 1.02. The Hall–Kier alpha value is -0.940. The van der Waals surface area contributed by atoms with Crippen LogP contribution in [0, 0.1) is 6.92 Å². The molecule has 0 saturated heterocycles.